The van der Waals surface area contributed by atoms with Crippen molar-refractivity contribution in [3.05, 3.63) is 38.7 Å². The monoisotopic (exact) mass is 180 g/mol. The zero-order valence-corrected chi connectivity index (χ0v) is 6.75. The first-order chi connectivity index (χ1) is 5.74. The second kappa shape index (κ2) is 3.64. The van der Waals surface area contributed by atoms with Gasteiger partial charge in [0.05, 0.1) is 9.80 Å². The Hall–Kier alpha value is -1.67. The minimum absolute atomic E-state index is 0.0926. The van der Waals surface area contributed by atoms with Gasteiger partial charge in [-0.25, -0.2) is 0 Å². The van der Waals surface area contributed by atoms with Crippen molar-refractivity contribution in [3.8, 4) is 6.07 Å². The molecular formula is C7H4N2O2S. The maximum Gasteiger partial charge on any atom is 0.253 e. The van der Waals surface area contributed by atoms with Crippen LogP contribution in [0.15, 0.2) is 23.7 Å². The van der Waals surface area contributed by atoms with Crippen LogP contribution in [0.4, 0.5) is 0 Å². The molecule has 0 aliphatic carbocycles. The molecule has 60 valence electrons. The van der Waals surface area contributed by atoms with Crippen molar-refractivity contribution in [2.75, 3.05) is 0 Å². The first kappa shape index (κ1) is 8.43. The number of rotatable bonds is 2. The third-order valence-corrected chi connectivity index (χ3v) is 2.04. The Labute approximate surface area is 72.5 Å². The molecule has 1 heterocycles. The molecule has 0 unspecified atom stereocenters. The molecule has 0 spiro atoms. The van der Waals surface area contributed by atoms with E-state index in [-0.39, 0.29) is 5.57 Å². The molecule has 0 radical (unpaired) electrons. The molecule has 1 rings (SSSR count). The lowest BCUT2D eigenvalue weighted by Crippen LogP contribution is -1.86. The van der Waals surface area contributed by atoms with E-state index in [1.165, 1.54) is 11.3 Å². The first-order valence-corrected chi connectivity index (χ1v) is 3.91. The van der Waals surface area contributed by atoms with Crippen LogP contribution in [0.2, 0.25) is 0 Å². The highest BCUT2D eigenvalue weighted by Crippen LogP contribution is 2.18. The van der Waals surface area contributed by atoms with E-state index in [2.05, 4.69) is 0 Å². The van der Waals surface area contributed by atoms with Crippen LogP contribution in [0, 0.1) is 21.4 Å². The van der Waals surface area contributed by atoms with Gasteiger partial charge in [-0.05, 0) is 11.4 Å². The van der Waals surface area contributed by atoms with Crippen molar-refractivity contribution in [2.24, 2.45) is 0 Å². The minimum Gasteiger partial charge on any atom is -0.259 e. The molecule has 0 aliphatic heterocycles. The quantitative estimate of drug-likeness (QED) is 0.396. The normalized spacial score (nSPS) is 10.8. The molecule has 0 bridgehead atoms. The fourth-order valence-corrected chi connectivity index (χ4v) is 1.37. The van der Waals surface area contributed by atoms with E-state index in [9.17, 15) is 10.1 Å². The average molecular weight is 180 g/mol. The Bertz CT molecular complexity index is 348. The van der Waals surface area contributed by atoms with Gasteiger partial charge >= 0.3 is 0 Å². The lowest BCUT2D eigenvalue weighted by atomic mass is 10.3. The third-order valence-electron chi connectivity index (χ3n) is 1.14. The number of nitro groups is 1. The number of thiophene rings is 1. The summed E-state index contributed by atoms with van der Waals surface area (Å²) >= 11 is 1.30. The van der Waals surface area contributed by atoms with Crippen LogP contribution in [0.5, 0.6) is 0 Å². The largest absolute Gasteiger partial charge is 0.259 e. The van der Waals surface area contributed by atoms with Crippen molar-refractivity contribution < 1.29 is 4.92 Å². The van der Waals surface area contributed by atoms with E-state index < -0.39 is 4.92 Å². The number of allylic oxidation sites excluding steroid dienone is 1. The van der Waals surface area contributed by atoms with E-state index >= 15 is 0 Å². The molecule has 0 fully saturated rings. The lowest BCUT2D eigenvalue weighted by molar-refractivity contribution is -0.401. The summed E-state index contributed by atoms with van der Waals surface area (Å²) in [6.07, 6.45) is 0.714. The second-order valence-electron chi connectivity index (χ2n) is 1.92. The lowest BCUT2D eigenvalue weighted by Gasteiger charge is -1.86. The Morgan fingerprint density at radius 2 is 2.58 bits per heavy atom. The van der Waals surface area contributed by atoms with Crippen LogP contribution in [0.25, 0.3) is 5.57 Å². The van der Waals surface area contributed by atoms with E-state index in [0.29, 0.717) is 11.1 Å². The Morgan fingerprint density at radius 1 is 1.83 bits per heavy atom. The highest BCUT2D eigenvalue weighted by molar-refractivity contribution is 7.11. The Morgan fingerprint density at radius 3 is 3.00 bits per heavy atom. The summed E-state index contributed by atoms with van der Waals surface area (Å²) in [6, 6.07) is 5.18. The van der Waals surface area contributed by atoms with Crippen molar-refractivity contribution >= 4 is 16.9 Å². The molecule has 4 nitrogen and oxygen atoms in total. The van der Waals surface area contributed by atoms with E-state index in [0.717, 1.165) is 0 Å². The standard InChI is InChI=1S/C7H4N2O2S/c8-4-6(5-9(10)11)7-2-1-3-12-7/h1-3,5H/b6-5-. The topological polar surface area (TPSA) is 66.9 Å². The van der Waals surface area contributed by atoms with Crippen LogP contribution < -0.4 is 0 Å². The number of hydrogen-bond acceptors (Lipinski definition) is 4. The molecule has 0 N–H and O–H groups in total. The van der Waals surface area contributed by atoms with Gasteiger partial charge in [0.2, 0.25) is 0 Å². The van der Waals surface area contributed by atoms with Gasteiger partial charge in [0.25, 0.3) is 6.20 Å². The zero-order valence-electron chi connectivity index (χ0n) is 5.93. The molecule has 0 aromatic carbocycles. The molecule has 5 heteroatoms. The van der Waals surface area contributed by atoms with Crippen molar-refractivity contribution in [3.63, 3.8) is 0 Å². The van der Waals surface area contributed by atoms with Gasteiger partial charge in [0.15, 0.2) is 0 Å². The summed E-state index contributed by atoms with van der Waals surface area (Å²) in [7, 11) is 0. The summed E-state index contributed by atoms with van der Waals surface area (Å²) in [5.41, 5.74) is 0.0926. The number of hydrogen-bond donors (Lipinski definition) is 0. The molecule has 0 atom stereocenters. The number of nitriles is 1. The summed E-state index contributed by atoms with van der Waals surface area (Å²) in [5.74, 6) is 0. The van der Waals surface area contributed by atoms with Gasteiger partial charge in [-0.2, -0.15) is 5.26 Å². The van der Waals surface area contributed by atoms with Gasteiger partial charge in [0, 0.05) is 0 Å². The van der Waals surface area contributed by atoms with Crippen molar-refractivity contribution in [1.82, 2.24) is 0 Å². The van der Waals surface area contributed by atoms with Gasteiger partial charge < -0.3 is 0 Å². The molecule has 0 saturated carbocycles. The van der Waals surface area contributed by atoms with Gasteiger partial charge in [-0.15, -0.1) is 11.3 Å². The van der Waals surface area contributed by atoms with Crippen LogP contribution in [-0.2, 0) is 0 Å². The van der Waals surface area contributed by atoms with E-state index in [4.69, 9.17) is 5.26 Å². The van der Waals surface area contributed by atoms with Crippen molar-refractivity contribution in [1.29, 1.82) is 5.26 Å². The van der Waals surface area contributed by atoms with Crippen LogP contribution in [0.3, 0.4) is 0 Å². The van der Waals surface area contributed by atoms with Gasteiger partial charge in [0.1, 0.15) is 11.6 Å². The van der Waals surface area contributed by atoms with Gasteiger partial charge in [-0.1, -0.05) is 6.07 Å². The predicted molar refractivity (Wildman–Crippen MR) is 44.9 cm³/mol. The fourth-order valence-electron chi connectivity index (χ4n) is 0.685. The molecule has 1 aromatic heterocycles. The smallest absolute Gasteiger partial charge is 0.253 e. The number of nitrogens with zero attached hydrogens (tertiary/aromatic N) is 2. The summed E-state index contributed by atoms with van der Waals surface area (Å²) in [6.45, 7) is 0. The fraction of sp³-hybridized carbons (Fsp3) is 0. The van der Waals surface area contributed by atoms with E-state index in [1.54, 1.807) is 23.6 Å². The van der Waals surface area contributed by atoms with Crippen molar-refractivity contribution in [2.45, 2.75) is 0 Å². The average Bonchev–Trinajstić information content (AvgIpc) is 2.51. The first-order valence-electron chi connectivity index (χ1n) is 3.03. The zero-order chi connectivity index (χ0) is 8.97. The molecule has 0 amide bonds. The Balaban J connectivity index is 3.01. The summed E-state index contributed by atoms with van der Waals surface area (Å²) in [4.78, 5) is 10.0. The summed E-state index contributed by atoms with van der Waals surface area (Å²) < 4.78 is 0. The van der Waals surface area contributed by atoms with Gasteiger partial charge in [-0.3, -0.25) is 10.1 Å². The van der Waals surface area contributed by atoms with Crippen LogP contribution in [0.1, 0.15) is 4.88 Å². The Kier molecular flexibility index (Phi) is 2.56. The van der Waals surface area contributed by atoms with E-state index in [1.807, 2.05) is 0 Å². The summed E-state index contributed by atoms with van der Waals surface area (Å²) in [5, 5.41) is 20.3. The third kappa shape index (κ3) is 1.90. The molecule has 0 saturated heterocycles. The van der Waals surface area contributed by atoms with Crippen LogP contribution >= 0.6 is 11.3 Å². The molecular weight excluding hydrogens is 176 g/mol. The predicted octanol–water partition coefficient (Wildman–Crippen LogP) is 1.89. The second-order valence-corrected chi connectivity index (χ2v) is 2.86. The minimum atomic E-state index is -0.627. The van der Waals surface area contributed by atoms with Crippen LogP contribution in [-0.4, -0.2) is 4.92 Å². The highest BCUT2D eigenvalue weighted by atomic mass is 32.1. The molecule has 12 heavy (non-hydrogen) atoms. The highest BCUT2D eigenvalue weighted by Gasteiger charge is 2.05. The maximum absolute atomic E-state index is 10.0. The molecule has 0 aliphatic rings. The maximum atomic E-state index is 10.0. The molecule has 1 aromatic rings. The SMILES string of the molecule is N#C/C(=C/[N+](=O)[O-])c1cccs1.